The van der Waals surface area contributed by atoms with E-state index in [4.69, 9.17) is 23.2 Å². The molecule has 1 N–H and O–H groups in total. The van der Waals surface area contributed by atoms with Crippen molar-refractivity contribution >= 4 is 50.9 Å². The van der Waals surface area contributed by atoms with Crippen LogP contribution in [0.25, 0.3) is 0 Å². The minimum atomic E-state index is -3.99. The van der Waals surface area contributed by atoms with Crippen LogP contribution in [0.1, 0.15) is 47.7 Å². The van der Waals surface area contributed by atoms with Crippen molar-refractivity contribution in [2.45, 2.75) is 50.1 Å². The Bertz CT molecular complexity index is 1510. The fraction of sp³-hybridized carbons (Fsp3) is 0.300. The molecule has 1 heterocycles. The molecule has 0 unspecified atom stereocenters. The third kappa shape index (κ3) is 6.92. The zero-order valence-corrected chi connectivity index (χ0v) is 24.9. The Balaban J connectivity index is 1.59. The van der Waals surface area contributed by atoms with Crippen LogP contribution in [-0.2, 0) is 32.6 Å². The molecule has 0 aliphatic carbocycles. The summed E-state index contributed by atoms with van der Waals surface area (Å²) in [6, 6.07) is 19.5. The highest BCUT2D eigenvalue weighted by Gasteiger charge is 2.40. The summed E-state index contributed by atoms with van der Waals surface area (Å²) in [6.07, 6.45) is 0.927. The second kappa shape index (κ2) is 13.5. The molecule has 0 fully saturated rings. The highest BCUT2D eigenvalue weighted by molar-refractivity contribution is 7.90. The summed E-state index contributed by atoms with van der Waals surface area (Å²) in [6.45, 7) is 2.17. The quantitative estimate of drug-likeness (QED) is 0.306. The molecule has 8 nitrogen and oxygen atoms in total. The molecule has 0 saturated carbocycles. The lowest BCUT2D eigenvalue weighted by molar-refractivity contribution is -0.141. The molecule has 1 aliphatic rings. The van der Waals surface area contributed by atoms with Crippen molar-refractivity contribution in [3.63, 3.8) is 0 Å². The SMILES string of the molecule is CCCNC(=O)[C@@H](Cc1ccccc1)N(Cc1c(Cl)cccc1Cl)C(=O)CCCN1C(=O)c2ccccc2S1(=O)=O. The van der Waals surface area contributed by atoms with E-state index in [1.807, 2.05) is 37.3 Å². The first-order valence-corrected chi connectivity index (χ1v) is 15.5. The van der Waals surface area contributed by atoms with E-state index in [0.29, 0.717) is 22.2 Å². The first-order chi connectivity index (χ1) is 19.6. The van der Waals surface area contributed by atoms with Gasteiger partial charge in [0, 0.05) is 48.1 Å². The molecular weight excluding hydrogens is 585 g/mol. The van der Waals surface area contributed by atoms with Crippen LogP contribution in [0.4, 0.5) is 0 Å². The second-order valence-electron chi connectivity index (χ2n) is 9.70. The molecule has 3 amide bonds. The van der Waals surface area contributed by atoms with Gasteiger partial charge in [0.25, 0.3) is 15.9 Å². The summed E-state index contributed by atoms with van der Waals surface area (Å²) in [4.78, 5) is 41.5. The summed E-state index contributed by atoms with van der Waals surface area (Å²) in [7, 11) is -3.99. The zero-order valence-electron chi connectivity index (χ0n) is 22.6. The first-order valence-electron chi connectivity index (χ1n) is 13.3. The lowest BCUT2D eigenvalue weighted by Crippen LogP contribution is -2.50. The first kappa shape index (κ1) is 30.6. The van der Waals surface area contributed by atoms with E-state index in [1.165, 1.54) is 17.0 Å². The average Bonchev–Trinajstić information content (AvgIpc) is 3.16. The van der Waals surface area contributed by atoms with Crippen molar-refractivity contribution in [3.8, 4) is 0 Å². The van der Waals surface area contributed by atoms with E-state index >= 15 is 0 Å². The number of sulfonamides is 1. The van der Waals surface area contributed by atoms with Crippen molar-refractivity contribution in [2.24, 2.45) is 0 Å². The molecule has 11 heteroatoms. The number of halogens is 2. The molecule has 1 aliphatic heterocycles. The number of carbonyl (C=O) groups is 3. The summed E-state index contributed by atoms with van der Waals surface area (Å²) in [5.74, 6) is -1.33. The maximum absolute atomic E-state index is 13.8. The smallest absolute Gasteiger partial charge is 0.269 e. The zero-order chi connectivity index (χ0) is 29.6. The molecular formula is C30H31Cl2N3O5S. The van der Waals surface area contributed by atoms with Crippen LogP contribution in [0.5, 0.6) is 0 Å². The molecule has 41 heavy (non-hydrogen) atoms. The van der Waals surface area contributed by atoms with Gasteiger partial charge in [-0.05, 0) is 42.7 Å². The normalized spacial score (nSPS) is 14.4. The number of benzene rings is 3. The number of fused-ring (bicyclic) bond motifs is 1. The molecule has 3 aromatic carbocycles. The highest BCUT2D eigenvalue weighted by Crippen LogP contribution is 2.31. The van der Waals surface area contributed by atoms with Gasteiger partial charge in [-0.1, -0.05) is 78.7 Å². The third-order valence-corrected chi connectivity index (χ3v) is 9.42. The van der Waals surface area contributed by atoms with Crippen LogP contribution in [0.3, 0.4) is 0 Å². The number of amides is 3. The number of nitrogens with zero attached hydrogens (tertiary/aromatic N) is 2. The maximum atomic E-state index is 13.8. The van der Waals surface area contributed by atoms with Gasteiger partial charge in [0.05, 0.1) is 5.56 Å². The van der Waals surface area contributed by atoms with E-state index in [9.17, 15) is 22.8 Å². The van der Waals surface area contributed by atoms with Gasteiger partial charge in [0.2, 0.25) is 11.8 Å². The molecule has 0 saturated heterocycles. The van der Waals surface area contributed by atoms with Gasteiger partial charge in [-0.2, -0.15) is 0 Å². The van der Waals surface area contributed by atoms with Gasteiger partial charge >= 0.3 is 0 Å². The van der Waals surface area contributed by atoms with Gasteiger partial charge in [-0.3, -0.25) is 14.4 Å². The van der Waals surface area contributed by atoms with Gasteiger partial charge < -0.3 is 10.2 Å². The van der Waals surface area contributed by atoms with Crippen molar-refractivity contribution in [2.75, 3.05) is 13.1 Å². The predicted octanol–water partition coefficient (Wildman–Crippen LogP) is 5.08. The number of carbonyl (C=O) groups excluding carboxylic acids is 3. The summed E-state index contributed by atoms with van der Waals surface area (Å²) in [5, 5.41) is 3.61. The molecule has 0 radical (unpaired) electrons. The van der Waals surface area contributed by atoms with Crippen molar-refractivity contribution in [1.82, 2.24) is 14.5 Å². The van der Waals surface area contributed by atoms with Crippen molar-refractivity contribution < 1.29 is 22.8 Å². The standard InChI is InChI=1S/C30H31Cl2N3O5S/c1-2-17-33-29(37)26(19-21-10-4-3-5-11-21)34(20-23-24(31)13-8-14-25(23)32)28(36)16-9-18-35-30(38)22-12-6-7-15-27(22)41(35,39)40/h3-8,10-15,26H,2,9,16-20H2,1H3,(H,33,37)/t26-/m1/s1. The van der Waals surface area contributed by atoms with Crippen LogP contribution in [0.2, 0.25) is 10.0 Å². The minimum absolute atomic E-state index is 0.0270. The van der Waals surface area contributed by atoms with Crippen LogP contribution in [0.15, 0.2) is 77.7 Å². The number of hydrogen-bond acceptors (Lipinski definition) is 5. The summed E-state index contributed by atoms with van der Waals surface area (Å²) >= 11 is 12.9. The Kier molecular flexibility index (Phi) is 10.1. The average molecular weight is 617 g/mol. The summed E-state index contributed by atoms with van der Waals surface area (Å²) < 4.78 is 26.7. The van der Waals surface area contributed by atoms with Gasteiger partial charge in [-0.25, -0.2) is 12.7 Å². The van der Waals surface area contributed by atoms with Gasteiger partial charge in [0.15, 0.2) is 0 Å². The van der Waals surface area contributed by atoms with E-state index < -0.39 is 27.9 Å². The van der Waals surface area contributed by atoms with E-state index in [-0.39, 0.29) is 48.7 Å². The number of nitrogens with one attached hydrogen (secondary N) is 1. The Morgan fingerprint density at radius 3 is 2.27 bits per heavy atom. The van der Waals surface area contributed by atoms with E-state index in [0.717, 1.165) is 16.3 Å². The molecule has 216 valence electrons. The Morgan fingerprint density at radius 1 is 0.951 bits per heavy atom. The lowest BCUT2D eigenvalue weighted by atomic mass is 10.0. The topological polar surface area (TPSA) is 104 Å². The Labute approximate surface area is 250 Å². The fourth-order valence-corrected chi connectivity index (χ4v) is 6.87. The van der Waals surface area contributed by atoms with Gasteiger partial charge in [0.1, 0.15) is 10.9 Å². The fourth-order valence-electron chi connectivity index (χ4n) is 4.74. The third-order valence-electron chi connectivity index (χ3n) is 6.87. The minimum Gasteiger partial charge on any atom is -0.354 e. The highest BCUT2D eigenvalue weighted by atomic mass is 35.5. The van der Waals surface area contributed by atoms with Gasteiger partial charge in [-0.15, -0.1) is 0 Å². The lowest BCUT2D eigenvalue weighted by Gasteiger charge is -2.32. The summed E-state index contributed by atoms with van der Waals surface area (Å²) in [5.41, 5.74) is 1.47. The molecule has 4 rings (SSSR count). The van der Waals surface area contributed by atoms with E-state index in [1.54, 1.807) is 30.3 Å². The van der Waals surface area contributed by atoms with Crippen LogP contribution in [0, 0.1) is 0 Å². The molecule has 0 aromatic heterocycles. The van der Waals surface area contributed by atoms with Crippen molar-refractivity contribution in [3.05, 3.63) is 99.5 Å². The monoisotopic (exact) mass is 615 g/mol. The maximum Gasteiger partial charge on any atom is 0.269 e. The molecule has 3 aromatic rings. The predicted molar refractivity (Wildman–Crippen MR) is 158 cm³/mol. The van der Waals surface area contributed by atoms with Crippen LogP contribution >= 0.6 is 23.2 Å². The molecule has 1 atom stereocenters. The largest absolute Gasteiger partial charge is 0.354 e. The van der Waals surface area contributed by atoms with Crippen molar-refractivity contribution in [1.29, 1.82) is 0 Å². The Morgan fingerprint density at radius 2 is 1.61 bits per heavy atom. The number of rotatable bonds is 12. The number of hydrogen-bond donors (Lipinski definition) is 1. The van der Waals surface area contributed by atoms with E-state index in [2.05, 4.69) is 5.32 Å². The Hall–Kier alpha value is -3.40. The molecule has 0 bridgehead atoms. The van der Waals surface area contributed by atoms with Crippen LogP contribution in [-0.4, -0.2) is 54.5 Å². The van der Waals surface area contributed by atoms with Crippen LogP contribution < -0.4 is 5.32 Å². The second-order valence-corrected chi connectivity index (χ2v) is 12.3. The molecule has 0 spiro atoms.